The van der Waals surface area contributed by atoms with Crippen molar-refractivity contribution in [3.05, 3.63) is 0 Å². The Kier molecular flexibility index (Phi) is 6.48. The summed E-state index contributed by atoms with van der Waals surface area (Å²) in [6.07, 6.45) is 6.51. The van der Waals surface area contributed by atoms with E-state index in [-0.39, 0.29) is 15.4 Å². The van der Waals surface area contributed by atoms with E-state index in [0.29, 0.717) is 12.5 Å². The summed E-state index contributed by atoms with van der Waals surface area (Å²) in [6, 6.07) is 1.24. The van der Waals surface area contributed by atoms with Gasteiger partial charge in [-0.1, -0.05) is 0 Å². The van der Waals surface area contributed by atoms with Gasteiger partial charge in [0.1, 0.15) is 12.5 Å². The maximum Gasteiger partial charge on any atom is 0.162 e. The van der Waals surface area contributed by atoms with Gasteiger partial charge in [-0.05, 0) is 58.9 Å². The molecule has 2 aliphatic heterocycles. The van der Waals surface area contributed by atoms with Crippen molar-refractivity contribution < 1.29 is 13.9 Å². The van der Waals surface area contributed by atoms with Gasteiger partial charge < -0.3 is 13.9 Å². The van der Waals surface area contributed by atoms with Gasteiger partial charge >= 0.3 is 0 Å². The molecule has 0 aliphatic carbocycles. The molecule has 0 N–H and O–H groups in total. The lowest BCUT2D eigenvalue weighted by Crippen LogP contribution is -2.43. The third-order valence-corrected chi connectivity index (χ3v) is 5.76. The molecule has 0 radical (unpaired) electrons. The summed E-state index contributed by atoms with van der Waals surface area (Å²) in [6.45, 7) is 9.35. The summed E-state index contributed by atoms with van der Waals surface area (Å²) in [7, 11) is -0.387. The molecule has 2 fully saturated rings. The Morgan fingerprint density at radius 2 is 1.70 bits per heavy atom. The van der Waals surface area contributed by atoms with Crippen molar-refractivity contribution in [2.75, 3.05) is 19.8 Å². The molecule has 2 unspecified atom stereocenters. The van der Waals surface area contributed by atoms with E-state index in [1.807, 2.05) is 0 Å². The number of hydrogen-bond acceptors (Lipinski definition) is 4. The van der Waals surface area contributed by atoms with E-state index >= 15 is 0 Å². The van der Waals surface area contributed by atoms with E-state index in [2.05, 4.69) is 25.7 Å². The highest BCUT2D eigenvalue weighted by atomic mass is 28.2. The average Bonchev–Trinajstić information content (AvgIpc) is 3.05. The number of rotatable bonds is 7. The third kappa shape index (κ3) is 5.45. The number of nitrogens with zero attached hydrogens (tertiary/aromatic N) is 1. The molecule has 20 heavy (non-hydrogen) atoms. The van der Waals surface area contributed by atoms with Gasteiger partial charge in [0.2, 0.25) is 0 Å². The van der Waals surface area contributed by atoms with E-state index in [9.17, 15) is 0 Å². The Hall–Kier alpha value is 0.0569. The van der Waals surface area contributed by atoms with Crippen LogP contribution in [0.2, 0.25) is 6.04 Å². The Bertz CT molecular complexity index is 255. The molecule has 0 aromatic carbocycles. The second kappa shape index (κ2) is 7.89. The molecule has 0 aromatic rings. The van der Waals surface area contributed by atoms with Crippen LogP contribution >= 0.6 is 0 Å². The SMILES string of the molecule is CC(C)(C)O[SiH2]CCCN(C1CCCO1)C1CCCO1. The number of hydrogen-bond donors (Lipinski definition) is 0. The molecule has 0 aromatic heterocycles. The maximum absolute atomic E-state index is 5.92. The van der Waals surface area contributed by atoms with Crippen LogP contribution in [0.3, 0.4) is 0 Å². The highest BCUT2D eigenvalue weighted by Gasteiger charge is 2.31. The summed E-state index contributed by atoms with van der Waals surface area (Å²) in [5.41, 5.74) is 0.0367. The molecule has 118 valence electrons. The zero-order valence-electron chi connectivity index (χ0n) is 13.4. The van der Waals surface area contributed by atoms with E-state index in [1.54, 1.807) is 0 Å². The van der Waals surface area contributed by atoms with Gasteiger partial charge in [0.15, 0.2) is 9.76 Å². The molecular weight excluding hydrogens is 270 g/mol. The minimum Gasteiger partial charge on any atom is -0.419 e. The van der Waals surface area contributed by atoms with E-state index in [4.69, 9.17) is 13.9 Å². The first-order chi connectivity index (χ1) is 9.56. The van der Waals surface area contributed by atoms with Crippen molar-refractivity contribution in [2.24, 2.45) is 0 Å². The van der Waals surface area contributed by atoms with Crippen molar-refractivity contribution >= 4 is 9.76 Å². The molecule has 2 rings (SSSR count). The van der Waals surface area contributed by atoms with Gasteiger partial charge in [0, 0.05) is 25.4 Å². The van der Waals surface area contributed by atoms with Crippen molar-refractivity contribution in [1.29, 1.82) is 0 Å². The second-order valence-corrected chi connectivity index (χ2v) is 8.25. The summed E-state index contributed by atoms with van der Waals surface area (Å²) in [4.78, 5) is 2.46. The van der Waals surface area contributed by atoms with Crippen LogP contribution in [0.25, 0.3) is 0 Å². The highest BCUT2D eigenvalue weighted by Crippen LogP contribution is 2.25. The van der Waals surface area contributed by atoms with Crippen LogP contribution in [0, 0.1) is 0 Å². The Labute approximate surface area is 126 Å². The van der Waals surface area contributed by atoms with Crippen LogP contribution in [0.15, 0.2) is 0 Å². The fourth-order valence-electron chi connectivity index (χ4n) is 2.89. The molecule has 0 amide bonds. The van der Waals surface area contributed by atoms with Gasteiger partial charge in [-0.25, -0.2) is 0 Å². The summed E-state index contributed by atoms with van der Waals surface area (Å²) >= 11 is 0. The van der Waals surface area contributed by atoms with E-state index in [0.717, 1.165) is 32.6 Å². The van der Waals surface area contributed by atoms with Crippen molar-refractivity contribution in [2.45, 2.75) is 77.0 Å². The van der Waals surface area contributed by atoms with Gasteiger partial charge in [0.05, 0.1) is 0 Å². The zero-order chi connectivity index (χ0) is 14.4. The molecule has 4 nitrogen and oxygen atoms in total. The lowest BCUT2D eigenvalue weighted by molar-refractivity contribution is -0.116. The first-order valence-corrected chi connectivity index (χ1v) is 9.77. The quantitative estimate of drug-likeness (QED) is 0.533. The van der Waals surface area contributed by atoms with Crippen molar-refractivity contribution in [1.82, 2.24) is 4.90 Å². The number of ether oxygens (including phenoxy) is 2. The molecule has 2 saturated heterocycles. The molecule has 0 bridgehead atoms. The first kappa shape index (κ1) is 16.4. The van der Waals surface area contributed by atoms with Crippen LogP contribution in [0.4, 0.5) is 0 Å². The van der Waals surface area contributed by atoms with E-state index in [1.165, 1.54) is 25.3 Å². The minimum atomic E-state index is -0.387. The molecule has 2 atom stereocenters. The van der Waals surface area contributed by atoms with Gasteiger partial charge in [-0.3, -0.25) is 4.90 Å². The Morgan fingerprint density at radius 1 is 1.10 bits per heavy atom. The standard InChI is InChI=1S/C15H31NO3Si/c1-15(2,3)19-20-12-6-9-16(13-7-4-10-17-13)14-8-5-11-18-14/h13-14H,4-12,20H2,1-3H3. The Morgan fingerprint density at radius 3 is 2.15 bits per heavy atom. The van der Waals surface area contributed by atoms with Crippen LogP contribution in [0.1, 0.15) is 52.9 Å². The van der Waals surface area contributed by atoms with Crippen molar-refractivity contribution in [3.63, 3.8) is 0 Å². The van der Waals surface area contributed by atoms with Crippen molar-refractivity contribution in [3.8, 4) is 0 Å². The molecule has 0 saturated carbocycles. The predicted molar refractivity (Wildman–Crippen MR) is 83.5 cm³/mol. The Balaban J connectivity index is 1.70. The first-order valence-electron chi connectivity index (χ1n) is 8.19. The lowest BCUT2D eigenvalue weighted by atomic mass is 10.2. The van der Waals surface area contributed by atoms with Crippen LogP contribution in [-0.4, -0.2) is 52.5 Å². The third-order valence-electron chi connectivity index (χ3n) is 3.90. The fourth-order valence-corrected chi connectivity index (χ4v) is 4.08. The zero-order valence-corrected chi connectivity index (χ0v) is 14.8. The molecule has 0 spiro atoms. The summed E-state index contributed by atoms with van der Waals surface area (Å²) < 4.78 is 17.6. The second-order valence-electron chi connectivity index (χ2n) is 6.84. The van der Waals surface area contributed by atoms with Gasteiger partial charge in [-0.2, -0.15) is 0 Å². The fraction of sp³-hybridized carbons (Fsp3) is 1.00. The minimum absolute atomic E-state index is 0.0367. The summed E-state index contributed by atoms with van der Waals surface area (Å²) in [5, 5.41) is 0. The van der Waals surface area contributed by atoms with Crippen LogP contribution < -0.4 is 0 Å². The molecular formula is C15H31NO3Si. The lowest BCUT2D eigenvalue weighted by Gasteiger charge is -2.32. The summed E-state index contributed by atoms with van der Waals surface area (Å²) in [5.74, 6) is 0. The topological polar surface area (TPSA) is 30.9 Å². The largest absolute Gasteiger partial charge is 0.419 e. The predicted octanol–water partition coefficient (Wildman–Crippen LogP) is 2.27. The average molecular weight is 302 g/mol. The van der Waals surface area contributed by atoms with Crippen LogP contribution in [0.5, 0.6) is 0 Å². The molecule has 5 heteroatoms. The van der Waals surface area contributed by atoms with Gasteiger partial charge in [-0.15, -0.1) is 0 Å². The monoisotopic (exact) mass is 301 g/mol. The maximum atomic E-state index is 5.92. The van der Waals surface area contributed by atoms with Crippen LogP contribution in [-0.2, 0) is 13.9 Å². The highest BCUT2D eigenvalue weighted by molar-refractivity contribution is 6.27. The molecule has 2 heterocycles. The molecule has 2 aliphatic rings. The van der Waals surface area contributed by atoms with Gasteiger partial charge in [0.25, 0.3) is 0 Å². The smallest absolute Gasteiger partial charge is 0.162 e. The van der Waals surface area contributed by atoms with E-state index < -0.39 is 0 Å². The normalized spacial score (nSPS) is 28.2.